The fraction of sp³-hybridized carbons (Fsp3) is 0.0476. The van der Waals surface area contributed by atoms with Gasteiger partial charge >= 0.3 is 0 Å². The summed E-state index contributed by atoms with van der Waals surface area (Å²) in [6, 6.07) is 18.6. The van der Waals surface area contributed by atoms with Crippen LogP contribution in [-0.4, -0.2) is 17.9 Å². The zero-order valence-electron chi connectivity index (χ0n) is 14.4. The van der Waals surface area contributed by atoms with Gasteiger partial charge in [0.05, 0.1) is 0 Å². The minimum Gasteiger partial charge on any atom is -0.398 e. The van der Waals surface area contributed by atoms with Gasteiger partial charge in [0.2, 0.25) is 0 Å². The Morgan fingerprint density at radius 2 is 1.85 bits per heavy atom. The third-order valence-corrected chi connectivity index (χ3v) is 3.91. The quantitative estimate of drug-likeness (QED) is 0.480. The lowest BCUT2D eigenvalue weighted by molar-refractivity contribution is 0.102. The summed E-state index contributed by atoms with van der Waals surface area (Å²) in [6.45, 7) is 0. The lowest BCUT2D eigenvalue weighted by Gasteiger charge is -2.07. The summed E-state index contributed by atoms with van der Waals surface area (Å²) < 4.78 is 0. The van der Waals surface area contributed by atoms with Gasteiger partial charge in [0.15, 0.2) is 0 Å². The maximum absolute atomic E-state index is 12.4. The van der Waals surface area contributed by atoms with E-state index in [9.17, 15) is 4.79 Å². The molecule has 130 valence electrons. The van der Waals surface area contributed by atoms with Gasteiger partial charge < -0.3 is 16.4 Å². The Morgan fingerprint density at radius 3 is 2.54 bits per heavy atom. The molecule has 0 bridgehead atoms. The molecular weight excluding hydrogens is 324 g/mol. The molecular formula is C21H20N4O. The highest BCUT2D eigenvalue weighted by atomic mass is 16.1. The van der Waals surface area contributed by atoms with Crippen molar-refractivity contribution in [2.24, 2.45) is 0 Å². The van der Waals surface area contributed by atoms with Crippen LogP contribution in [-0.2, 0) is 0 Å². The molecule has 5 heteroatoms. The Bertz CT molecular complexity index is 919. The molecule has 3 aromatic rings. The Kier molecular flexibility index (Phi) is 5.29. The number of hydrogen-bond donors (Lipinski definition) is 3. The summed E-state index contributed by atoms with van der Waals surface area (Å²) in [7, 11) is 1.88. The molecule has 0 spiro atoms. The van der Waals surface area contributed by atoms with Crippen LogP contribution >= 0.6 is 0 Å². The Balaban J connectivity index is 1.78. The van der Waals surface area contributed by atoms with E-state index in [-0.39, 0.29) is 5.91 Å². The molecule has 0 aliphatic carbocycles. The van der Waals surface area contributed by atoms with Gasteiger partial charge in [-0.05, 0) is 53.6 Å². The van der Waals surface area contributed by atoms with Crippen LogP contribution in [0, 0.1) is 0 Å². The van der Waals surface area contributed by atoms with E-state index in [1.807, 2.05) is 49.5 Å². The summed E-state index contributed by atoms with van der Waals surface area (Å²) in [5.74, 6) is 0.285. The normalized spacial score (nSPS) is 10.7. The van der Waals surface area contributed by atoms with Crippen LogP contribution < -0.4 is 16.4 Å². The van der Waals surface area contributed by atoms with Gasteiger partial charge in [-0.2, -0.15) is 0 Å². The van der Waals surface area contributed by atoms with Crippen LogP contribution in [0.5, 0.6) is 0 Å². The second kappa shape index (κ2) is 7.98. The van der Waals surface area contributed by atoms with Gasteiger partial charge in [0, 0.05) is 30.2 Å². The lowest BCUT2D eigenvalue weighted by atomic mass is 10.1. The second-order valence-electron chi connectivity index (χ2n) is 5.72. The maximum Gasteiger partial charge on any atom is 0.256 e. The first-order valence-electron chi connectivity index (χ1n) is 8.23. The number of nitrogens with zero attached hydrogens (tertiary/aromatic N) is 1. The fourth-order valence-electron chi connectivity index (χ4n) is 2.43. The molecule has 0 fully saturated rings. The number of rotatable bonds is 5. The van der Waals surface area contributed by atoms with Crippen molar-refractivity contribution in [3.05, 3.63) is 83.6 Å². The number of nitrogen functional groups attached to an aromatic ring is 1. The van der Waals surface area contributed by atoms with Crippen LogP contribution in [0.4, 0.5) is 17.2 Å². The van der Waals surface area contributed by atoms with E-state index in [2.05, 4.69) is 15.6 Å². The molecule has 0 radical (unpaired) electrons. The monoisotopic (exact) mass is 344 g/mol. The highest BCUT2D eigenvalue weighted by Crippen LogP contribution is 2.19. The van der Waals surface area contributed by atoms with Gasteiger partial charge in [-0.15, -0.1) is 0 Å². The van der Waals surface area contributed by atoms with E-state index >= 15 is 0 Å². The highest BCUT2D eigenvalue weighted by molar-refractivity contribution is 6.04. The number of nitrogens with two attached hydrogens (primary N) is 1. The van der Waals surface area contributed by atoms with Crippen molar-refractivity contribution in [1.82, 2.24) is 4.98 Å². The molecule has 0 aliphatic heterocycles. The zero-order chi connectivity index (χ0) is 18.4. The van der Waals surface area contributed by atoms with E-state index in [0.717, 1.165) is 16.8 Å². The topological polar surface area (TPSA) is 80.0 Å². The van der Waals surface area contributed by atoms with Crippen molar-refractivity contribution in [2.45, 2.75) is 0 Å². The molecule has 0 unspecified atom stereocenters. The van der Waals surface area contributed by atoms with Crippen molar-refractivity contribution in [1.29, 1.82) is 0 Å². The first-order valence-corrected chi connectivity index (χ1v) is 8.23. The van der Waals surface area contributed by atoms with Crippen molar-refractivity contribution < 1.29 is 4.79 Å². The Labute approximate surface area is 152 Å². The number of anilines is 3. The Morgan fingerprint density at radius 1 is 1.04 bits per heavy atom. The number of benzene rings is 2. The third-order valence-electron chi connectivity index (χ3n) is 3.91. The van der Waals surface area contributed by atoms with E-state index < -0.39 is 0 Å². The summed E-state index contributed by atoms with van der Waals surface area (Å²) in [6.07, 6.45) is 5.50. The predicted octanol–water partition coefficient (Wildman–Crippen LogP) is 4.13. The smallest absolute Gasteiger partial charge is 0.256 e. The van der Waals surface area contributed by atoms with Gasteiger partial charge in [-0.3, -0.25) is 4.79 Å². The molecule has 0 aliphatic rings. The molecule has 3 rings (SSSR count). The van der Waals surface area contributed by atoms with Crippen molar-refractivity contribution in [3.63, 3.8) is 0 Å². The number of nitrogens with one attached hydrogen (secondary N) is 2. The maximum atomic E-state index is 12.4. The molecule has 1 amide bonds. The third kappa shape index (κ3) is 4.27. The fourth-order valence-corrected chi connectivity index (χ4v) is 2.43. The molecule has 26 heavy (non-hydrogen) atoms. The average Bonchev–Trinajstić information content (AvgIpc) is 2.68. The van der Waals surface area contributed by atoms with E-state index in [1.54, 1.807) is 36.5 Å². The molecule has 1 heterocycles. The number of carbonyl (C=O) groups excluding carboxylic acids is 1. The lowest BCUT2D eigenvalue weighted by Crippen LogP contribution is -2.13. The van der Waals surface area contributed by atoms with E-state index in [4.69, 9.17) is 5.73 Å². The summed E-state index contributed by atoms with van der Waals surface area (Å²) in [5.41, 5.74) is 10.1. The molecule has 5 nitrogen and oxygen atoms in total. The highest BCUT2D eigenvalue weighted by Gasteiger charge is 2.08. The van der Waals surface area contributed by atoms with E-state index in [0.29, 0.717) is 17.1 Å². The minimum atomic E-state index is -0.225. The van der Waals surface area contributed by atoms with Gasteiger partial charge in [0.25, 0.3) is 5.91 Å². The molecule has 1 aromatic heterocycles. The SMILES string of the molecule is CNc1ccc(/C=C/c2cc(C(=O)Nc3ccccn3)ccc2N)cc1. The van der Waals surface area contributed by atoms with Crippen LogP contribution in [0.25, 0.3) is 12.2 Å². The van der Waals surface area contributed by atoms with Crippen LogP contribution in [0.3, 0.4) is 0 Å². The molecule has 0 atom stereocenters. The largest absolute Gasteiger partial charge is 0.398 e. The number of carbonyl (C=O) groups is 1. The van der Waals surface area contributed by atoms with Gasteiger partial charge in [-0.25, -0.2) is 4.98 Å². The summed E-state index contributed by atoms with van der Waals surface area (Å²) in [5, 5.41) is 5.85. The average molecular weight is 344 g/mol. The number of aromatic nitrogens is 1. The van der Waals surface area contributed by atoms with Crippen LogP contribution in [0.2, 0.25) is 0 Å². The molecule has 2 aromatic carbocycles. The van der Waals surface area contributed by atoms with E-state index in [1.165, 1.54) is 0 Å². The first-order chi connectivity index (χ1) is 12.7. The Hall–Kier alpha value is -3.60. The second-order valence-corrected chi connectivity index (χ2v) is 5.72. The van der Waals surface area contributed by atoms with Crippen LogP contribution in [0.1, 0.15) is 21.5 Å². The van der Waals surface area contributed by atoms with Crippen LogP contribution in [0.15, 0.2) is 66.9 Å². The molecule has 0 saturated carbocycles. The van der Waals surface area contributed by atoms with Crippen molar-refractivity contribution in [3.8, 4) is 0 Å². The summed E-state index contributed by atoms with van der Waals surface area (Å²) in [4.78, 5) is 16.5. The van der Waals surface area contributed by atoms with Crippen molar-refractivity contribution >= 4 is 35.3 Å². The molecule has 4 N–H and O–H groups in total. The number of pyridine rings is 1. The summed E-state index contributed by atoms with van der Waals surface area (Å²) >= 11 is 0. The van der Waals surface area contributed by atoms with Gasteiger partial charge in [0.1, 0.15) is 5.82 Å². The standard InChI is InChI=1S/C21H20N4O/c1-23-18-10-6-15(7-11-18)5-8-16-14-17(9-12-19(16)22)21(26)25-20-4-2-3-13-24-20/h2-14,23H,22H2,1H3,(H,24,25,26)/b8-5+. The minimum absolute atomic E-state index is 0.225. The predicted molar refractivity (Wildman–Crippen MR) is 108 cm³/mol. The van der Waals surface area contributed by atoms with Gasteiger partial charge in [-0.1, -0.05) is 30.4 Å². The number of hydrogen-bond acceptors (Lipinski definition) is 4. The molecule has 0 saturated heterocycles. The first kappa shape index (κ1) is 17.2. The number of amides is 1. The zero-order valence-corrected chi connectivity index (χ0v) is 14.4. The van der Waals surface area contributed by atoms with Crippen molar-refractivity contribution in [2.75, 3.05) is 23.4 Å².